The molecule has 1 heterocycles. The maximum absolute atomic E-state index is 4.96. The summed E-state index contributed by atoms with van der Waals surface area (Å²) in [6, 6.07) is 0. The average molecular weight is 247 g/mol. The summed E-state index contributed by atoms with van der Waals surface area (Å²) in [5.41, 5.74) is 0. The monoisotopic (exact) mass is 247 g/mol. The predicted octanol–water partition coefficient (Wildman–Crippen LogP) is 1.56. The molecule has 0 aliphatic carbocycles. The summed E-state index contributed by atoms with van der Waals surface area (Å²) in [6.07, 6.45) is 0. The van der Waals surface area contributed by atoms with Gasteiger partial charge in [0.05, 0.1) is 6.61 Å². The Morgan fingerprint density at radius 1 is 1.53 bits per heavy atom. The van der Waals surface area contributed by atoms with Gasteiger partial charge < -0.3 is 10.1 Å². The van der Waals surface area contributed by atoms with Crippen molar-refractivity contribution in [2.45, 2.75) is 23.4 Å². The van der Waals surface area contributed by atoms with Crippen molar-refractivity contribution in [2.75, 3.05) is 26.8 Å². The summed E-state index contributed by atoms with van der Waals surface area (Å²) in [7, 11) is 1.71. The molecule has 0 aliphatic rings. The van der Waals surface area contributed by atoms with Gasteiger partial charge in [-0.2, -0.15) is 0 Å². The van der Waals surface area contributed by atoms with Gasteiger partial charge >= 0.3 is 0 Å². The summed E-state index contributed by atoms with van der Waals surface area (Å²) in [4.78, 5) is 0. The second-order valence-corrected chi connectivity index (χ2v) is 6.08. The molecule has 0 spiro atoms. The Kier molecular flexibility index (Phi) is 6.16. The summed E-state index contributed by atoms with van der Waals surface area (Å²) in [6.45, 7) is 6.78. The van der Waals surface area contributed by atoms with Crippen molar-refractivity contribution in [3.05, 3.63) is 5.01 Å². The number of aryl methyl sites for hydroxylation is 1. The van der Waals surface area contributed by atoms with E-state index in [4.69, 9.17) is 4.74 Å². The third-order valence-electron chi connectivity index (χ3n) is 1.72. The van der Waals surface area contributed by atoms with Crippen LogP contribution in [0.4, 0.5) is 0 Å². The quantitative estimate of drug-likeness (QED) is 0.585. The molecule has 1 aromatic heterocycles. The fraction of sp³-hybridized carbons (Fsp3) is 0.778. The highest BCUT2D eigenvalue weighted by molar-refractivity contribution is 8.01. The highest BCUT2D eigenvalue weighted by Gasteiger charge is 2.07. The molecule has 6 heteroatoms. The minimum Gasteiger partial charge on any atom is -0.383 e. The molecule has 0 saturated carbocycles. The lowest BCUT2D eigenvalue weighted by Crippen LogP contribution is -2.26. The third-order valence-corrected chi connectivity index (χ3v) is 3.75. The smallest absolute Gasteiger partial charge is 0.174 e. The number of hydrogen-bond donors (Lipinski definition) is 1. The lowest BCUT2D eigenvalue weighted by Gasteiger charge is -2.09. The first kappa shape index (κ1) is 12.9. The van der Waals surface area contributed by atoms with E-state index >= 15 is 0 Å². The molecular weight excluding hydrogens is 230 g/mol. The van der Waals surface area contributed by atoms with E-state index in [2.05, 4.69) is 22.4 Å². The number of thioether (sulfide) groups is 1. The van der Waals surface area contributed by atoms with Crippen molar-refractivity contribution in [3.8, 4) is 0 Å². The van der Waals surface area contributed by atoms with Gasteiger partial charge in [0.25, 0.3) is 0 Å². The van der Waals surface area contributed by atoms with Gasteiger partial charge in [0.2, 0.25) is 0 Å². The molecule has 0 bridgehead atoms. The van der Waals surface area contributed by atoms with Crippen LogP contribution in [0.1, 0.15) is 11.9 Å². The maximum atomic E-state index is 4.96. The fourth-order valence-corrected chi connectivity index (χ4v) is 3.12. The number of aromatic nitrogens is 2. The molecule has 0 radical (unpaired) electrons. The molecule has 1 N–H and O–H groups in total. The number of hydrogen-bond acceptors (Lipinski definition) is 6. The highest BCUT2D eigenvalue weighted by atomic mass is 32.2. The van der Waals surface area contributed by atoms with Crippen LogP contribution in [0.3, 0.4) is 0 Å². The Morgan fingerprint density at radius 3 is 2.93 bits per heavy atom. The normalized spacial score (nSPS) is 13.0. The van der Waals surface area contributed by atoms with Gasteiger partial charge in [-0.15, -0.1) is 10.2 Å². The van der Waals surface area contributed by atoms with Gasteiger partial charge in [0, 0.05) is 25.4 Å². The van der Waals surface area contributed by atoms with E-state index < -0.39 is 0 Å². The van der Waals surface area contributed by atoms with Gasteiger partial charge in [-0.05, 0) is 6.92 Å². The Hall–Kier alpha value is -0.170. The van der Waals surface area contributed by atoms with Gasteiger partial charge in [0.1, 0.15) is 5.01 Å². The number of nitrogens with zero attached hydrogens (tertiary/aromatic N) is 2. The van der Waals surface area contributed by atoms with E-state index in [0.29, 0.717) is 5.25 Å². The number of nitrogens with one attached hydrogen (secondary N) is 1. The first-order chi connectivity index (χ1) is 7.22. The standard InChI is InChI=1S/C9H17N3OS2/c1-7(6-10-4-5-13-3)14-9-12-11-8(2)15-9/h7,10H,4-6H2,1-3H3. The van der Waals surface area contributed by atoms with Crippen molar-refractivity contribution in [1.82, 2.24) is 15.5 Å². The molecule has 4 nitrogen and oxygen atoms in total. The van der Waals surface area contributed by atoms with E-state index in [0.717, 1.165) is 29.0 Å². The molecule has 1 atom stereocenters. The lowest BCUT2D eigenvalue weighted by atomic mass is 10.4. The van der Waals surface area contributed by atoms with Crippen LogP contribution in [0.5, 0.6) is 0 Å². The minimum atomic E-state index is 0.509. The Bertz CT molecular complexity index is 280. The van der Waals surface area contributed by atoms with Crippen LogP contribution in [0.15, 0.2) is 4.34 Å². The van der Waals surface area contributed by atoms with Crippen molar-refractivity contribution >= 4 is 23.1 Å². The highest BCUT2D eigenvalue weighted by Crippen LogP contribution is 2.25. The molecule has 15 heavy (non-hydrogen) atoms. The third kappa shape index (κ3) is 5.46. The maximum Gasteiger partial charge on any atom is 0.174 e. The zero-order valence-electron chi connectivity index (χ0n) is 9.32. The van der Waals surface area contributed by atoms with Gasteiger partial charge in [-0.25, -0.2) is 0 Å². The van der Waals surface area contributed by atoms with Crippen LogP contribution in [-0.2, 0) is 4.74 Å². The second kappa shape index (κ2) is 7.16. The van der Waals surface area contributed by atoms with Crippen LogP contribution in [0, 0.1) is 6.92 Å². The fourth-order valence-electron chi connectivity index (χ4n) is 1.02. The summed E-state index contributed by atoms with van der Waals surface area (Å²) in [5, 5.41) is 12.9. The van der Waals surface area contributed by atoms with Crippen molar-refractivity contribution < 1.29 is 4.74 Å². The Morgan fingerprint density at radius 2 is 2.33 bits per heavy atom. The molecule has 1 aromatic rings. The Labute approximate surface area is 98.8 Å². The molecule has 0 saturated heterocycles. The summed E-state index contributed by atoms with van der Waals surface area (Å²) < 4.78 is 6.01. The molecule has 86 valence electrons. The van der Waals surface area contributed by atoms with E-state index in [-0.39, 0.29) is 0 Å². The molecule has 1 unspecified atom stereocenters. The molecule has 0 amide bonds. The van der Waals surface area contributed by atoms with Crippen molar-refractivity contribution in [3.63, 3.8) is 0 Å². The first-order valence-corrected chi connectivity index (χ1v) is 6.58. The largest absolute Gasteiger partial charge is 0.383 e. The molecular formula is C9H17N3OS2. The van der Waals surface area contributed by atoms with Gasteiger partial charge in [-0.3, -0.25) is 0 Å². The second-order valence-electron chi connectivity index (χ2n) is 3.21. The van der Waals surface area contributed by atoms with Crippen LogP contribution in [-0.4, -0.2) is 42.3 Å². The first-order valence-electron chi connectivity index (χ1n) is 4.88. The molecule has 1 rings (SSSR count). The minimum absolute atomic E-state index is 0.509. The van der Waals surface area contributed by atoms with Crippen LogP contribution in [0.2, 0.25) is 0 Å². The zero-order chi connectivity index (χ0) is 11.1. The number of ether oxygens (including phenoxy) is 1. The topological polar surface area (TPSA) is 47.0 Å². The molecule has 0 aliphatic heterocycles. The van der Waals surface area contributed by atoms with E-state index in [1.807, 2.05) is 6.92 Å². The number of rotatable bonds is 7. The zero-order valence-corrected chi connectivity index (χ0v) is 11.0. The Balaban J connectivity index is 2.15. The van der Waals surface area contributed by atoms with E-state index in [9.17, 15) is 0 Å². The lowest BCUT2D eigenvalue weighted by molar-refractivity contribution is 0.199. The van der Waals surface area contributed by atoms with Crippen molar-refractivity contribution in [2.24, 2.45) is 0 Å². The number of methoxy groups -OCH3 is 1. The summed E-state index contributed by atoms with van der Waals surface area (Å²) >= 11 is 3.41. The molecule has 0 aromatic carbocycles. The van der Waals surface area contributed by atoms with Crippen LogP contribution in [0.25, 0.3) is 0 Å². The van der Waals surface area contributed by atoms with Crippen molar-refractivity contribution in [1.29, 1.82) is 0 Å². The average Bonchev–Trinajstić information content (AvgIpc) is 2.59. The van der Waals surface area contributed by atoms with E-state index in [1.54, 1.807) is 30.2 Å². The SMILES string of the molecule is COCCNCC(C)Sc1nnc(C)s1. The van der Waals surface area contributed by atoms with Gasteiger partial charge in [0.15, 0.2) is 4.34 Å². The summed E-state index contributed by atoms with van der Waals surface area (Å²) in [5.74, 6) is 0. The van der Waals surface area contributed by atoms with Crippen LogP contribution >= 0.6 is 23.1 Å². The van der Waals surface area contributed by atoms with Crippen LogP contribution < -0.4 is 5.32 Å². The molecule has 0 fully saturated rings. The van der Waals surface area contributed by atoms with E-state index in [1.165, 1.54) is 0 Å². The predicted molar refractivity (Wildman–Crippen MR) is 64.7 cm³/mol. The van der Waals surface area contributed by atoms with Gasteiger partial charge in [-0.1, -0.05) is 30.0 Å².